The van der Waals surface area contributed by atoms with Crippen LogP contribution in [0.3, 0.4) is 0 Å². The first-order valence-electron chi connectivity index (χ1n) is 3.62. The fraction of sp³-hybridized carbons (Fsp3) is 0.571. The first-order chi connectivity index (χ1) is 6.35. The lowest BCUT2D eigenvalue weighted by Crippen LogP contribution is -2.56. The summed E-state index contributed by atoms with van der Waals surface area (Å²) in [7, 11) is 0. The van der Waals surface area contributed by atoms with E-state index in [4.69, 9.17) is 0 Å². The van der Waals surface area contributed by atoms with Crippen LogP contribution in [0.5, 0.6) is 0 Å². The van der Waals surface area contributed by atoms with Gasteiger partial charge in [0.05, 0.1) is 6.61 Å². The van der Waals surface area contributed by atoms with E-state index in [9.17, 15) is 22.4 Å². The molecule has 1 aliphatic heterocycles. The third kappa shape index (κ3) is 1.87. The molecule has 7 heteroatoms. The van der Waals surface area contributed by atoms with Gasteiger partial charge in [0.25, 0.3) is 5.91 Å². The quantitative estimate of drug-likeness (QED) is 0.547. The Labute approximate surface area is 76.7 Å². The topological polar surface area (TPSA) is 38.3 Å². The van der Waals surface area contributed by atoms with Crippen molar-refractivity contribution in [1.82, 2.24) is 5.32 Å². The van der Waals surface area contributed by atoms with Crippen LogP contribution in [-0.2, 0) is 9.53 Å². The molecule has 1 aliphatic rings. The Kier molecular flexibility index (Phi) is 2.79. The fourth-order valence-corrected chi connectivity index (χ4v) is 0.834. The maximum Gasteiger partial charge on any atom is 0.350 e. The van der Waals surface area contributed by atoms with Crippen LogP contribution in [0.25, 0.3) is 0 Å². The molecular weight excluding hydrogens is 206 g/mol. The van der Waals surface area contributed by atoms with Crippen LogP contribution in [0.2, 0.25) is 0 Å². The Morgan fingerprint density at radius 1 is 1.57 bits per heavy atom. The van der Waals surface area contributed by atoms with Crippen molar-refractivity contribution >= 4 is 5.91 Å². The molecule has 1 heterocycles. The van der Waals surface area contributed by atoms with E-state index in [0.29, 0.717) is 0 Å². The lowest BCUT2D eigenvalue weighted by atomic mass is 10.2. The monoisotopic (exact) mass is 213 g/mol. The third-order valence-electron chi connectivity index (χ3n) is 1.65. The van der Waals surface area contributed by atoms with Gasteiger partial charge in [-0.1, -0.05) is 6.58 Å². The molecule has 0 aromatic rings. The Hall–Kier alpha value is -1.11. The number of amides is 1. The van der Waals surface area contributed by atoms with Gasteiger partial charge in [0, 0.05) is 5.57 Å². The second-order valence-corrected chi connectivity index (χ2v) is 2.74. The molecule has 0 aromatic carbocycles. The number of hydrogen-bond donors (Lipinski definition) is 1. The van der Waals surface area contributed by atoms with Gasteiger partial charge >= 0.3 is 12.3 Å². The highest BCUT2D eigenvalue weighted by Gasteiger charge is 2.51. The predicted octanol–water partition coefficient (Wildman–Crippen LogP) is 0.915. The molecule has 14 heavy (non-hydrogen) atoms. The van der Waals surface area contributed by atoms with Crippen molar-refractivity contribution in [1.29, 1.82) is 0 Å². The van der Waals surface area contributed by atoms with Crippen molar-refractivity contribution < 1.29 is 27.1 Å². The lowest BCUT2D eigenvalue weighted by Gasteiger charge is -2.30. The molecule has 1 saturated heterocycles. The van der Waals surface area contributed by atoms with Crippen LogP contribution in [0.15, 0.2) is 12.2 Å². The summed E-state index contributed by atoms with van der Waals surface area (Å²) in [6.45, 7) is 2.71. The zero-order valence-electron chi connectivity index (χ0n) is 6.90. The number of carbonyl (C=O) groups excluding carboxylic acids is 1. The fourth-order valence-electron chi connectivity index (χ4n) is 0.834. The highest BCUT2D eigenvalue weighted by atomic mass is 19.3. The maximum atomic E-state index is 12.6. The summed E-state index contributed by atoms with van der Waals surface area (Å²) in [5.41, 5.74) is -0.0775. The summed E-state index contributed by atoms with van der Waals surface area (Å²) in [6.07, 6.45) is -6.18. The van der Waals surface area contributed by atoms with Crippen molar-refractivity contribution in [2.45, 2.75) is 18.6 Å². The lowest BCUT2D eigenvalue weighted by molar-refractivity contribution is -0.218. The molecule has 1 N–H and O–H groups in total. The Balaban J connectivity index is 2.72. The molecule has 0 aromatic heterocycles. The maximum absolute atomic E-state index is 12.6. The van der Waals surface area contributed by atoms with Gasteiger partial charge in [-0.05, 0) is 0 Å². The van der Waals surface area contributed by atoms with Crippen LogP contribution < -0.4 is 5.32 Å². The molecular formula is C7H7F4NO2. The Morgan fingerprint density at radius 2 is 2.14 bits per heavy atom. The van der Waals surface area contributed by atoms with Gasteiger partial charge in [0.15, 0.2) is 0 Å². The summed E-state index contributed by atoms with van der Waals surface area (Å²) in [4.78, 5) is 10.8. The average Bonchev–Trinajstić information content (AvgIpc) is 2.09. The first kappa shape index (κ1) is 11.0. The van der Waals surface area contributed by atoms with Crippen molar-refractivity contribution in [3.63, 3.8) is 0 Å². The van der Waals surface area contributed by atoms with E-state index in [1.807, 2.05) is 0 Å². The second-order valence-electron chi connectivity index (χ2n) is 2.74. The molecule has 0 aliphatic carbocycles. The van der Waals surface area contributed by atoms with E-state index in [0.717, 1.165) is 0 Å². The SMILES string of the molecule is C=C1COC(C(F)(F)C(F)F)NC1=O. The minimum Gasteiger partial charge on any atom is -0.347 e. The van der Waals surface area contributed by atoms with Crippen LogP contribution in [0.4, 0.5) is 17.6 Å². The van der Waals surface area contributed by atoms with Crippen molar-refractivity contribution in [3.8, 4) is 0 Å². The van der Waals surface area contributed by atoms with Gasteiger partial charge in [-0.25, -0.2) is 8.78 Å². The molecule has 3 nitrogen and oxygen atoms in total. The Morgan fingerprint density at radius 3 is 2.57 bits per heavy atom. The number of hydrogen-bond acceptors (Lipinski definition) is 2. The number of nitrogens with one attached hydrogen (secondary N) is 1. The number of halogens is 4. The second kappa shape index (κ2) is 3.56. The predicted molar refractivity (Wildman–Crippen MR) is 38.0 cm³/mol. The molecule has 1 rings (SSSR count). The number of rotatable bonds is 2. The number of alkyl halides is 4. The molecule has 1 fully saturated rings. The summed E-state index contributed by atoms with van der Waals surface area (Å²) < 4.78 is 53.2. The van der Waals surface area contributed by atoms with Crippen molar-refractivity contribution in [3.05, 3.63) is 12.2 Å². The van der Waals surface area contributed by atoms with Crippen molar-refractivity contribution in [2.24, 2.45) is 0 Å². The summed E-state index contributed by atoms with van der Waals surface area (Å²) in [5.74, 6) is -5.29. The normalized spacial score (nSPS) is 23.9. The molecule has 0 bridgehead atoms. The standard InChI is InChI=1S/C7H7F4NO2/c1-3-2-14-6(12-4(3)13)7(10,11)5(8)9/h5-6H,1-2H2,(H,12,13). The first-order valence-corrected chi connectivity index (χ1v) is 3.62. The summed E-state index contributed by atoms with van der Waals surface area (Å²) >= 11 is 0. The largest absolute Gasteiger partial charge is 0.350 e. The molecule has 1 unspecified atom stereocenters. The van der Waals surface area contributed by atoms with Gasteiger partial charge in [0.2, 0.25) is 6.23 Å². The van der Waals surface area contributed by atoms with Gasteiger partial charge in [-0.15, -0.1) is 0 Å². The molecule has 1 amide bonds. The molecule has 0 radical (unpaired) electrons. The van der Waals surface area contributed by atoms with Gasteiger partial charge in [0.1, 0.15) is 0 Å². The van der Waals surface area contributed by atoms with E-state index < -0.39 is 31.1 Å². The van der Waals surface area contributed by atoms with Crippen LogP contribution in [-0.4, -0.2) is 31.1 Å². The van der Waals surface area contributed by atoms with Crippen molar-refractivity contribution in [2.75, 3.05) is 6.61 Å². The van der Waals surface area contributed by atoms with Gasteiger partial charge in [-0.2, -0.15) is 8.78 Å². The van der Waals surface area contributed by atoms with Crippen LogP contribution in [0, 0.1) is 0 Å². The zero-order chi connectivity index (χ0) is 10.9. The summed E-state index contributed by atoms with van der Waals surface area (Å²) in [5, 5.41) is 1.60. The van der Waals surface area contributed by atoms with E-state index in [1.54, 1.807) is 5.32 Å². The third-order valence-corrected chi connectivity index (χ3v) is 1.65. The smallest absolute Gasteiger partial charge is 0.347 e. The number of carbonyl (C=O) groups is 1. The van der Waals surface area contributed by atoms with E-state index in [-0.39, 0.29) is 5.57 Å². The highest BCUT2D eigenvalue weighted by molar-refractivity contribution is 5.93. The average molecular weight is 213 g/mol. The van der Waals surface area contributed by atoms with Gasteiger partial charge < -0.3 is 10.1 Å². The van der Waals surface area contributed by atoms with E-state index in [1.165, 1.54) is 0 Å². The molecule has 80 valence electrons. The molecule has 0 saturated carbocycles. The van der Waals surface area contributed by atoms with E-state index >= 15 is 0 Å². The highest BCUT2D eigenvalue weighted by Crippen LogP contribution is 2.29. The minimum atomic E-state index is -4.39. The minimum absolute atomic E-state index is 0.0775. The zero-order valence-corrected chi connectivity index (χ0v) is 6.90. The van der Waals surface area contributed by atoms with Crippen LogP contribution >= 0.6 is 0 Å². The summed E-state index contributed by atoms with van der Waals surface area (Å²) in [6, 6.07) is 0. The van der Waals surface area contributed by atoms with Crippen LogP contribution in [0.1, 0.15) is 0 Å². The molecule has 0 spiro atoms. The Bertz CT molecular complexity index is 266. The van der Waals surface area contributed by atoms with E-state index in [2.05, 4.69) is 11.3 Å². The van der Waals surface area contributed by atoms with Gasteiger partial charge in [-0.3, -0.25) is 4.79 Å². The number of ether oxygens (including phenoxy) is 1. The molecule has 1 atom stereocenters.